The average Bonchev–Trinajstić information content (AvgIpc) is 1.95. The van der Waals surface area contributed by atoms with E-state index in [1.165, 1.54) is 19.0 Å². The van der Waals surface area contributed by atoms with Crippen molar-refractivity contribution in [3.63, 3.8) is 0 Å². The van der Waals surface area contributed by atoms with Gasteiger partial charge >= 0.3 is 118 Å². The fourth-order valence-electron chi connectivity index (χ4n) is 0.797. The van der Waals surface area contributed by atoms with Crippen molar-refractivity contribution in [1.29, 1.82) is 0 Å². The molecule has 14 heteroatoms. The third-order valence-corrected chi connectivity index (χ3v) is 5.44. The van der Waals surface area contributed by atoms with Gasteiger partial charge in [-0.1, -0.05) is 0 Å². The molecule has 92 valence electrons. The van der Waals surface area contributed by atoms with Gasteiger partial charge in [-0.05, 0) is 35.7 Å². The molecule has 0 rings (SSSR count). The van der Waals surface area contributed by atoms with Crippen LogP contribution in [0.2, 0.25) is 0 Å². The fraction of sp³-hybridized carbons (Fsp3) is 1.00. The Hall–Kier alpha value is 4.22. The topological polar surface area (TPSA) is 150 Å². The van der Waals surface area contributed by atoms with Gasteiger partial charge in [-0.15, -0.1) is 0 Å². The van der Waals surface area contributed by atoms with E-state index < -0.39 is 26.7 Å². The van der Waals surface area contributed by atoms with Gasteiger partial charge in [0.25, 0.3) is 0 Å². The molecule has 0 atom stereocenters. The van der Waals surface area contributed by atoms with Crippen LogP contribution in [0.3, 0.4) is 0 Å². The second kappa shape index (κ2) is 13.5. The second-order valence-corrected chi connectivity index (χ2v) is 7.14. The van der Waals surface area contributed by atoms with Crippen LogP contribution < -0.4 is 138 Å². The smallest absolute Gasteiger partial charge is 0.808 e. The van der Waals surface area contributed by atoms with Crippen LogP contribution in [0.25, 0.3) is 0 Å². The molecule has 0 aliphatic heterocycles. The molecule has 0 fully saturated rings. The first-order valence-corrected chi connectivity index (χ1v) is 6.92. The SMILES string of the molecule is CN(C)CCC(O)(P(=O)([O-])[O-])P(=O)([O-])[O-].[Na+].[Na+].[Na+].[Na+]. The Kier molecular flexibility index (Phi) is 24.5. The number of hydrogen-bond donors (Lipinski definition) is 1. The van der Waals surface area contributed by atoms with Crippen molar-refractivity contribution < 1.29 is 152 Å². The molecule has 0 aliphatic rings. The molecule has 0 aromatic carbocycles. The third-order valence-electron chi connectivity index (χ3n) is 1.77. The molecule has 0 saturated heterocycles. The van der Waals surface area contributed by atoms with Crippen LogP contribution in [-0.4, -0.2) is 35.7 Å². The van der Waals surface area contributed by atoms with Crippen molar-refractivity contribution in [2.45, 2.75) is 11.5 Å². The zero-order valence-electron chi connectivity index (χ0n) is 12.2. The summed E-state index contributed by atoms with van der Waals surface area (Å²) in [5.74, 6) is 0. The van der Waals surface area contributed by atoms with Gasteiger partial charge in [0.05, 0.1) is 0 Å². The van der Waals surface area contributed by atoms with Crippen LogP contribution in [0.5, 0.6) is 0 Å². The monoisotopic (exact) mass is 351 g/mol. The number of hydrogen-bond acceptors (Lipinski definition) is 8. The van der Waals surface area contributed by atoms with E-state index in [4.69, 9.17) is 5.11 Å². The van der Waals surface area contributed by atoms with E-state index in [2.05, 4.69) is 0 Å². The van der Waals surface area contributed by atoms with Crippen molar-refractivity contribution >= 4 is 15.2 Å². The van der Waals surface area contributed by atoms with E-state index >= 15 is 0 Å². The van der Waals surface area contributed by atoms with Crippen LogP contribution >= 0.6 is 15.2 Å². The summed E-state index contributed by atoms with van der Waals surface area (Å²) in [5, 5.41) is 5.38. The Bertz CT molecular complexity index is 297. The molecular weight excluding hydrogens is 340 g/mol. The Morgan fingerprint density at radius 3 is 1.37 bits per heavy atom. The predicted molar refractivity (Wildman–Crippen MR) is 43.3 cm³/mol. The van der Waals surface area contributed by atoms with Crippen molar-refractivity contribution in [2.24, 2.45) is 0 Å². The number of rotatable bonds is 5. The summed E-state index contributed by atoms with van der Waals surface area (Å²) in [6.07, 6.45) is -0.964. The minimum atomic E-state index is -5.92. The fourth-order valence-corrected chi connectivity index (χ4v) is 2.75. The summed E-state index contributed by atoms with van der Waals surface area (Å²) in [6.45, 7) is -0.223. The molecule has 0 radical (unpaired) electrons. The average molecular weight is 351 g/mol. The molecule has 0 saturated carbocycles. The van der Waals surface area contributed by atoms with E-state index in [9.17, 15) is 28.7 Å². The number of nitrogens with zero attached hydrogens (tertiary/aromatic N) is 1. The molecule has 0 heterocycles. The van der Waals surface area contributed by atoms with E-state index in [-0.39, 0.29) is 125 Å². The molecular formula is C5H11NNa4O7P2. The maximum atomic E-state index is 10.5. The first-order valence-electron chi connectivity index (χ1n) is 3.83. The quantitative estimate of drug-likeness (QED) is 0.379. The van der Waals surface area contributed by atoms with Gasteiger partial charge in [-0.2, -0.15) is 0 Å². The molecule has 19 heavy (non-hydrogen) atoms. The van der Waals surface area contributed by atoms with Gasteiger partial charge < -0.3 is 38.7 Å². The molecule has 0 aliphatic carbocycles. The van der Waals surface area contributed by atoms with Crippen LogP contribution in [-0.2, 0) is 9.13 Å². The minimum absolute atomic E-state index is 0. The van der Waals surface area contributed by atoms with Crippen molar-refractivity contribution in [3.8, 4) is 0 Å². The van der Waals surface area contributed by atoms with E-state index in [1.54, 1.807) is 0 Å². The standard InChI is InChI=1S/C5H15NO7P2.4Na/c1-6(2)4-3-5(7,14(8,9)10)15(11,12)13;;;;/h7H,3-4H2,1-2H3,(H2,8,9,10)(H2,11,12,13);;;;/q;4*+1/p-4. The van der Waals surface area contributed by atoms with Crippen molar-refractivity contribution in [2.75, 3.05) is 20.6 Å². The van der Waals surface area contributed by atoms with Gasteiger partial charge in [0.1, 0.15) is 5.08 Å². The molecule has 1 N–H and O–H groups in total. The van der Waals surface area contributed by atoms with Crippen LogP contribution in [0, 0.1) is 0 Å². The van der Waals surface area contributed by atoms with Gasteiger partial charge in [0.15, 0.2) is 0 Å². The van der Waals surface area contributed by atoms with Crippen molar-refractivity contribution in [3.05, 3.63) is 0 Å². The zero-order valence-corrected chi connectivity index (χ0v) is 21.9. The van der Waals surface area contributed by atoms with Gasteiger partial charge in [0, 0.05) is 6.54 Å². The Balaban J connectivity index is -0.000000163. The van der Waals surface area contributed by atoms with Crippen LogP contribution in [0.15, 0.2) is 0 Å². The molecule has 0 spiro atoms. The Morgan fingerprint density at radius 2 is 1.21 bits per heavy atom. The Morgan fingerprint density at radius 1 is 0.947 bits per heavy atom. The van der Waals surface area contributed by atoms with Crippen LogP contribution in [0.1, 0.15) is 6.42 Å². The summed E-state index contributed by atoms with van der Waals surface area (Å²) < 4.78 is 21.1. The van der Waals surface area contributed by atoms with Gasteiger partial charge in [-0.3, -0.25) is 0 Å². The Labute approximate surface area is 201 Å². The minimum Gasteiger partial charge on any atom is -0.808 e. The third kappa shape index (κ3) is 11.4. The first kappa shape index (κ1) is 34.5. The maximum Gasteiger partial charge on any atom is 1.00 e. The molecule has 0 amide bonds. The summed E-state index contributed by atoms with van der Waals surface area (Å²) in [4.78, 5) is 43.5. The van der Waals surface area contributed by atoms with Crippen LogP contribution in [0.4, 0.5) is 0 Å². The summed E-state index contributed by atoms with van der Waals surface area (Å²) in [7, 11) is -8.93. The second-order valence-electron chi connectivity index (χ2n) is 3.32. The molecule has 0 bridgehead atoms. The molecule has 0 aromatic heterocycles. The summed E-state index contributed by atoms with van der Waals surface area (Å²) in [6, 6.07) is 0. The number of aliphatic hydroxyl groups is 1. The molecule has 0 aromatic rings. The normalized spacial score (nSPS) is 11.6. The predicted octanol–water partition coefficient (Wildman–Crippen LogP) is -15.6. The van der Waals surface area contributed by atoms with Gasteiger partial charge in [-0.25, -0.2) is 0 Å². The summed E-state index contributed by atoms with van der Waals surface area (Å²) in [5.41, 5.74) is 0. The maximum absolute atomic E-state index is 10.5. The molecule has 8 nitrogen and oxygen atoms in total. The van der Waals surface area contributed by atoms with Gasteiger partial charge in [0.2, 0.25) is 0 Å². The van der Waals surface area contributed by atoms with E-state index in [0.29, 0.717) is 0 Å². The van der Waals surface area contributed by atoms with Crippen molar-refractivity contribution in [1.82, 2.24) is 4.90 Å². The zero-order chi connectivity index (χ0) is 12.5. The first-order chi connectivity index (χ1) is 6.42. The molecule has 0 unspecified atom stereocenters. The summed E-state index contributed by atoms with van der Waals surface area (Å²) >= 11 is 0. The van der Waals surface area contributed by atoms with E-state index in [1.807, 2.05) is 0 Å². The largest absolute Gasteiger partial charge is 1.00 e. The van der Waals surface area contributed by atoms with E-state index in [0.717, 1.165) is 0 Å².